The van der Waals surface area contributed by atoms with Crippen LogP contribution in [0.2, 0.25) is 0 Å². The molecule has 5 nitrogen and oxygen atoms in total. The number of aryl methyl sites for hydroxylation is 2. The molecule has 0 spiro atoms. The molecule has 1 aromatic heterocycles. The fourth-order valence-corrected chi connectivity index (χ4v) is 3.54. The number of rotatable bonds is 4. The number of sulfonamides is 1. The highest BCUT2D eigenvalue weighted by Crippen LogP contribution is 2.21. The number of nitrogens with one attached hydrogen (secondary N) is 1. The van der Waals surface area contributed by atoms with Gasteiger partial charge >= 0.3 is 0 Å². The van der Waals surface area contributed by atoms with Gasteiger partial charge in [-0.3, -0.25) is 4.68 Å². The molecule has 0 aromatic carbocycles. The van der Waals surface area contributed by atoms with Crippen LogP contribution < -0.4 is 4.72 Å². The van der Waals surface area contributed by atoms with Gasteiger partial charge in [-0.1, -0.05) is 12.8 Å². The topological polar surface area (TPSA) is 64.0 Å². The van der Waals surface area contributed by atoms with Crippen molar-refractivity contribution in [1.82, 2.24) is 14.5 Å². The van der Waals surface area contributed by atoms with Gasteiger partial charge < -0.3 is 0 Å². The Hall–Kier alpha value is -1.32. The van der Waals surface area contributed by atoms with Gasteiger partial charge in [0.15, 0.2) is 0 Å². The molecule has 0 aliphatic carbocycles. The van der Waals surface area contributed by atoms with E-state index >= 15 is 0 Å². The normalized spacial score (nSPS) is 15.1. The molecule has 0 unspecified atom stereocenters. The third-order valence-corrected chi connectivity index (χ3v) is 4.94. The van der Waals surface area contributed by atoms with Crippen LogP contribution in [0.25, 0.3) is 0 Å². The lowest BCUT2D eigenvalue weighted by Gasteiger charge is -2.23. The Bertz CT molecular complexity index is 596. The molecule has 1 aromatic rings. The van der Waals surface area contributed by atoms with Crippen molar-refractivity contribution in [2.24, 2.45) is 7.05 Å². The minimum atomic E-state index is -3.66. The van der Waals surface area contributed by atoms with Crippen molar-refractivity contribution >= 4 is 10.0 Å². The molecule has 0 amide bonds. The van der Waals surface area contributed by atoms with Crippen LogP contribution in [0.1, 0.15) is 31.7 Å². The Kier molecular flexibility index (Phi) is 3.89. The van der Waals surface area contributed by atoms with Crippen molar-refractivity contribution in [2.75, 3.05) is 0 Å². The summed E-state index contributed by atoms with van der Waals surface area (Å²) in [5.41, 5.74) is 0.182. The largest absolute Gasteiger partial charge is 0.271 e. The summed E-state index contributed by atoms with van der Waals surface area (Å²) in [6.45, 7) is 6.91. The number of terminal acetylenes is 1. The van der Waals surface area contributed by atoms with Crippen LogP contribution in [0, 0.1) is 26.2 Å². The van der Waals surface area contributed by atoms with E-state index in [2.05, 4.69) is 15.7 Å². The van der Waals surface area contributed by atoms with Crippen LogP contribution in [0.3, 0.4) is 0 Å². The van der Waals surface area contributed by atoms with E-state index < -0.39 is 15.6 Å². The summed E-state index contributed by atoms with van der Waals surface area (Å²) in [7, 11) is -1.95. The van der Waals surface area contributed by atoms with E-state index in [1.54, 1.807) is 32.5 Å². The van der Waals surface area contributed by atoms with Crippen LogP contribution in [0.4, 0.5) is 0 Å². The summed E-state index contributed by atoms with van der Waals surface area (Å²) in [5.74, 6) is 2.48. The van der Waals surface area contributed by atoms with Crippen molar-refractivity contribution in [2.45, 2.75) is 44.6 Å². The second-order valence-corrected chi connectivity index (χ2v) is 6.18. The van der Waals surface area contributed by atoms with Crippen LogP contribution in [-0.2, 0) is 17.1 Å². The smallest absolute Gasteiger partial charge is 0.245 e. The zero-order chi connectivity index (χ0) is 14.1. The monoisotopic (exact) mass is 269 g/mol. The molecular weight excluding hydrogens is 250 g/mol. The fraction of sp³-hybridized carbons (Fsp3) is 0.583. The van der Waals surface area contributed by atoms with Crippen LogP contribution in [-0.4, -0.2) is 23.7 Å². The molecule has 0 aliphatic heterocycles. The minimum absolute atomic E-state index is 0.208. The van der Waals surface area contributed by atoms with E-state index in [0.717, 1.165) is 0 Å². The predicted octanol–water partition coefficient (Wildman–Crippen LogP) is 1.12. The second-order valence-electron chi connectivity index (χ2n) is 4.56. The Morgan fingerprint density at radius 1 is 1.50 bits per heavy atom. The number of hydrogen-bond donors (Lipinski definition) is 1. The van der Waals surface area contributed by atoms with Gasteiger partial charge in [0.1, 0.15) is 4.90 Å². The first-order chi connectivity index (χ1) is 8.17. The minimum Gasteiger partial charge on any atom is -0.271 e. The van der Waals surface area contributed by atoms with E-state index in [1.165, 1.54) is 0 Å². The zero-order valence-electron chi connectivity index (χ0n) is 11.4. The molecule has 0 radical (unpaired) electrons. The summed E-state index contributed by atoms with van der Waals surface area (Å²) >= 11 is 0. The molecule has 0 bridgehead atoms. The molecular formula is C12H19N3O2S. The molecule has 100 valence electrons. The predicted molar refractivity (Wildman–Crippen MR) is 70.5 cm³/mol. The maximum atomic E-state index is 12.4. The molecule has 1 N–H and O–H groups in total. The maximum Gasteiger partial charge on any atom is 0.245 e. The molecule has 1 heterocycles. The van der Waals surface area contributed by atoms with E-state index in [9.17, 15) is 8.42 Å². The molecule has 1 rings (SSSR count). The molecule has 0 saturated carbocycles. The average Bonchev–Trinajstić information content (AvgIpc) is 2.52. The molecule has 0 aliphatic rings. The van der Waals surface area contributed by atoms with Gasteiger partial charge in [-0.2, -0.15) is 9.82 Å². The summed E-state index contributed by atoms with van der Waals surface area (Å²) in [6.07, 6.45) is 5.90. The summed E-state index contributed by atoms with van der Waals surface area (Å²) in [5, 5.41) is 4.10. The number of aromatic nitrogens is 2. The summed E-state index contributed by atoms with van der Waals surface area (Å²) < 4.78 is 28.8. The first-order valence-electron chi connectivity index (χ1n) is 5.69. The fourth-order valence-electron chi connectivity index (χ4n) is 1.69. The highest BCUT2D eigenvalue weighted by Gasteiger charge is 2.31. The highest BCUT2D eigenvalue weighted by molar-refractivity contribution is 7.89. The first-order valence-corrected chi connectivity index (χ1v) is 7.17. The van der Waals surface area contributed by atoms with Crippen molar-refractivity contribution in [3.8, 4) is 12.3 Å². The van der Waals surface area contributed by atoms with E-state index in [-0.39, 0.29) is 4.90 Å². The zero-order valence-corrected chi connectivity index (χ0v) is 12.2. The van der Waals surface area contributed by atoms with Crippen LogP contribution in [0.15, 0.2) is 4.90 Å². The summed E-state index contributed by atoms with van der Waals surface area (Å²) in [6, 6.07) is 0. The number of hydrogen-bond acceptors (Lipinski definition) is 3. The lowest BCUT2D eigenvalue weighted by atomic mass is 10.0. The third-order valence-electron chi connectivity index (χ3n) is 3.10. The molecule has 1 atom stereocenters. The van der Waals surface area contributed by atoms with E-state index in [0.29, 0.717) is 17.8 Å². The second kappa shape index (κ2) is 4.75. The van der Waals surface area contributed by atoms with Gasteiger partial charge in [0.05, 0.1) is 16.9 Å². The molecule has 6 heteroatoms. The lowest BCUT2D eigenvalue weighted by Crippen LogP contribution is -2.44. The van der Waals surface area contributed by atoms with Crippen molar-refractivity contribution in [3.05, 3.63) is 11.4 Å². The average molecular weight is 269 g/mol. The lowest BCUT2D eigenvalue weighted by molar-refractivity contribution is 0.499. The van der Waals surface area contributed by atoms with Gasteiger partial charge in [0.2, 0.25) is 10.0 Å². The maximum absolute atomic E-state index is 12.4. The van der Waals surface area contributed by atoms with Gasteiger partial charge in [-0.15, -0.1) is 6.42 Å². The standard InChI is InChI=1S/C12H19N3O2S/c1-7-12(5,8-2)14-18(16,17)11-9(3)13-15(6)10(11)4/h1,14H,8H2,2-6H3/t12-/m0/s1. The van der Waals surface area contributed by atoms with Crippen LogP contribution >= 0.6 is 0 Å². The Balaban J connectivity index is 3.28. The van der Waals surface area contributed by atoms with Crippen molar-refractivity contribution in [3.63, 3.8) is 0 Å². The van der Waals surface area contributed by atoms with Gasteiger partial charge in [-0.05, 0) is 27.2 Å². The first kappa shape index (κ1) is 14.7. The number of nitrogens with zero attached hydrogens (tertiary/aromatic N) is 2. The van der Waals surface area contributed by atoms with Crippen molar-refractivity contribution < 1.29 is 8.42 Å². The highest BCUT2D eigenvalue weighted by atomic mass is 32.2. The van der Waals surface area contributed by atoms with Crippen LogP contribution in [0.5, 0.6) is 0 Å². The van der Waals surface area contributed by atoms with Gasteiger partial charge in [-0.25, -0.2) is 8.42 Å². The summed E-state index contributed by atoms with van der Waals surface area (Å²) in [4.78, 5) is 0.208. The Labute approximate surface area is 109 Å². The van der Waals surface area contributed by atoms with E-state index in [1.807, 2.05) is 6.92 Å². The van der Waals surface area contributed by atoms with Gasteiger partial charge in [0, 0.05) is 7.05 Å². The van der Waals surface area contributed by atoms with Crippen molar-refractivity contribution in [1.29, 1.82) is 0 Å². The SMILES string of the molecule is C#C[C@@](C)(CC)NS(=O)(=O)c1c(C)nn(C)c1C. The third kappa shape index (κ3) is 2.57. The Morgan fingerprint density at radius 3 is 2.39 bits per heavy atom. The van der Waals surface area contributed by atoms with E-state index in [4.69, 9.17) is 6.42 Å². The Morgan fingerprint density at radius 2 is 2.06 bits per heavy atom. The quantitative estimate of drug-likeness (QED) is 0.833. The molecule has 18 heavy (non-hydrogen) atoms. The van der Waals surface area contributed by atoms with Gasteiger partial charge in [0.25, 0.3) is 0 Å². The molecule has 0 saturated heterocycles. The molecule has 0 fully saturated rings.